The van der Waals surface area contributed by atoms with E-state index in [9.17, 15) is 9.59 Å². The summed E-state index contributed by atoms with van der Waals surface area (Å²) in [7, 11) is 0. The second-order valence-corrected chi connectivity index (χ2v) is 6.04. The molecule has 0 atom stereocenters. The highest BCUT2D eigenvalue weighted by molar-refractivity contribution is 5.99. The van der Waals surface area contributed by atoms with Crippen LogP contribution in [0.15, 0.2) is 56.0 Å². The maximum atomic E-state index is 12.3. The van der Waals surface area contributed by atoms with Crippen LogP contribution >= 0.6 is 0 Å². The van der Waals surface area contributed by atoms with Crippen molar-refractivity contribution in [3.05, 3.63) is 59.9 Å². The predicted molar refractivity (Wildman–Crippen MR) is 96.9 cm³/mol. The van der Waals surface area contributed by atoms with E-state index in [1.54, 1.807) is 25.1 Å². The predicted octanol–water partition coefficient (Wildman–Crippen LogP) is 2.78. The Morgan fingerprint density at radius 1 is 1.11 bits per heavy atom. The molecule has 28 heavy (non-hydrogen) atoms. The molecule has 4 aromatic rings. The number of fused-ring (bicyclic) bond motifs is 1. The molecule has 3 heterocycles. The number of carbonyl (C=O) groups excluding carboxylic acids is 2. The summed E-state index contributed by atoms with van der Waals surface area (Å²) < 4.78 is 15.8. The maximum Gasteiger partial charge on any atom is 0.305 e. The molecule has 0 radical (unpaired) electrons. The molecule has 9 nitrogen and oxygen atoms in total. The van der Waals surface area contributed by atoms with Crippen molar-refractivity contribution in [3.63, 3.8) is 0 Å². The summed E-state index contributed by atoms with van der Waals surface area (Å²) >= 11 is 0. The van der Waals surface area contributed by atoms with Gasteiger partial charge >= 0.3 is 5.91 Å². The van der Waals surface area contributed by atoms with Crippen LogP contribution in [0.5, 0.6) is 0 Å². The Hall–Kier alpha value is -3.88. The number of nitrogens with one attached hydrogen (secondary N) is 2. The molecule has 0 bridgehead atoms. The van der Waals surface area contributed by atoms with Gasteiger partial charge in [-0.3, -0.25) is 20.4 Å². The number of benzene rings is 1. The van der Waals surface area contributed by atoms with E-state index in [1.165, 1.54) is 6.26 Å². The number of hydrogen-bond donors (Lipinski definition) is 2. The highest BCUT2D eigenvalue weighted by Gasteiger charge is 2.18. The van der Waals surface area contributed by atoms with Crippen LogP contribution in [0.4, 0.5) is 0 Å². The molecule has 0 spiro atoms. The highest BCUT2D eigenvalue weighted by atomic mass is 16.5. The van der Waals surface area contributed by atoms with Crippen molar-refractivity contribution in [2.45, 2.75) is 19.8 Å². The number of hydrazine groups is 1. The fraction of sp³-hybridized carbons (Fsp3) is 0.158. The van der Waals surface area contributed by atoms with Crippen LogP contribution < -0.4 is 10.9 Å². The molecule has 0 aliphatic rings. The van der Waals surface area contributed by atoms with Gasteiger partial charge in [0.1, 0.15) is 5.58 Å². The summed E-state index contributed by atoms with van der Waals surface area (Å²) in [4.78, 5) is 28.4. The van der Waals surface area contributed by atoms with Crippen molar-refractivity contribution in [3.8, 4) is 11.6 Å². The topological polar surface area (TPSA) is 123 Å². The molecule has 0 aliphatic carbocycles. The lowest BCUT2D eigenvalue weighted by Gasteiger charge is -2.05. The van der Waals surface area contributed by atoms with Gasteiger partial charge in [-0.05, 0) is 25.1 Å². The first-order valence-electron chi connectivity index (χ1n) is 8.55. The molecule has 142 valence electrons. The van der Waals surface area contributed by atoms with Crippen molar-refractivity contribution in [1.29, 1.82) is 0 Å². The van der Waals surface area contributed by atoms with Crippen molar-refractivity contribution in [2.75, 3.05) is 0 Å². The fourth-order valence-corrected chi connectivity index (χ4v) is 2.72. The number of nitrogens with zero attached hydrogens (tertiary/aromatic N) is 2. The van der Waals surface area contributed by atoms with Crippen LogP contribution in [0, 0.1) is 6.92 Å². The van der Waals surface area contributed by atoms with Gasteiger partial charge in [0.15, 0.2) is 11.5 Å². The first-order chi connectivity index (χ1) is 13.6. The molecule has 0 saturated carbocycles. The molecular weight excluding hydrogens is 364 g/mol. The van der Waals surface area contributed by atoms with Gasteiger partial charge in [0, 0.05) is 23.8 Å². The number of aryl methyl sites for hydroxylation is 2. The molecule has 4 rings (SSSR count). The zero-order valence-corrected chi connectivity index (χ0v) is 14.9. The largest absolute Gasteiger partial charge is 0.461 e. The Kier molecular flexibility index (Phi) is 4.63. The Labute approximate surface area is 158 Å². The van der Waals surface area contributed by atoms with Crippen LogP contribution in [0.3, 0.4) is 0 Å². The SMILES string of the molecule is Cc1c(C(=O)NNC(=O)CCc2nc(-c3ccco3)no2)oc2ccccc12. The Morgan fingerprint density at radius 2 is 1.96 bits per heavy atom. The zero-order chi connectivity index (χ0) is 19.5. The zero-order valence-electron chi connectivity index (χ0n) is 14.9. The van der Waals surface area contributed by atoms with Gasteiger partial charge in [-0.2, -0.15) is 4.98 Å². The van der Waals surface area contributed by atoms with Gasteiger partial charge in [-0.15, -0.1) is 0 Å². The summed E-state index contributed by atoms with van der Waals surface area (Å²) in [5.74, 6) is 0.310. The highest BCUT2D eigenvalue weighted by Crippen LogP contribution is 2.24. The first-order valence-corrected chi connectivity index (χ1v) is 8.55. The van der Waals surface area contributed by atoms with Gasteiger partial charge in [-0.1, -0.05) is 23.4 Å². The van der Waals surface area contributed by atoms with E-state index in [-0.39, 0.29) is 18.6 Å². The van der Waals surface area contributed by atoms with Crippen molar-refractivity contribution in [1.82, 2.24) is 21.0 Å². The van der Waals surface area contributed by atoms with Gasteiger partial charge in [0.2, 0.25) is 17.6 Å². The fourth-order valence-electron chi connectivity index (χ4n) is 2.72. The van der Waals surface area contributed by atoms with Crippen LogP contribution in [0.2, 0.25) is 0 Å². The smallest absolute Gasteiger partial charge is 0.305 e. The third-order valence-electron chi connectivity index (χ3n) is 4.14. The molecule has 0 unspecified atom stereocenters. The summed E-state index contributed by atoms with van der Waals surface area (Å²) in [6, 6.07) is 10.7. The molecule has 2 amide bonds. The summed E-state index contributed by atoms with van der Waals surface area (Å²) in [6.45, 7) is 1.79. The summed E-state index contributed by atoms with van der Waals surface area (Å²) in [5.41, 5.74) is 6.02. The minimum Gasteiger partial charge on any atom is -0.461 e. The monoisotopic (exact) mass is 380 g/mol. The second-order valence-electron chi connectivity index (χ2n) is 6.04. The van der Waals surface area contributed by atoms with E-state index >= 15 is 0 Å². The standard InChI is InChI=1S/C19H16N4O5/c1-11-12-5-2-3-6-13(12)27-17(11)19(25)22-21-15(24)8-9-16-20-18(23-28-16)14-7-4-10-26-14/h2-7,10H,8-9H2,1H3,(H,21,24)(H,22,25). The van der Waals surface area contributed by atoms with Gasteiger partial charge in [0.25, 0.3) is 0 Å². The Morgan fingerprint density at radius 3 is 2.75 bits per heavy atom. The van der Waals surface area contributed by atoms with Gasteiger partial charge < -0.3 is 13.4 Å². The Bertz CT molecular complexity index is 1130. The van der Waals surface area contributed by atoms with Gasteiger partial charge in [-0.25, -0.2) is 0 Å². The third-order valence-corrected chi connectivity index (χ3v) is 4.14. The van der Waals surface area contributed by atoms with Crippen molar-refractivity contribution >= 4 is 22.8 Å². The number of para-hydroxylation sites is 1. The average molecular weight is 380 g/mol. The van der Waals surface area contributed by atoms with Crippen LogP contribution in [-0.4, -0.2) is 22.0 Å². The average Bonchev–Trinajstić information content (AvgIpc) is 3.45. The van der Waals surface area contributed by atoms with E-state index in [1.807, 2.05) is 18.2 Å². The summed E-state index contributed by atoms with van der Waals surface area (Å²) in [5, 5.41) is 4.64. The first kappa shape index (κ1) is 17.5. The molecule has 2 N–H and O–H groups in total. The Balaban J connectivity index is 1.30. The minimum absolute atomic E-state index is 0.0547. The van der Waals surface area contributed by atoms with Gasteiger partial charge in [0.05, 0.1) is 6.26 Å². The summed E-state index contributed by atoms with van der Waals surface area (Å²) in [6.07, 6.45) is 1.78. The van der Waals surface area contributed by atoms with E-state index < -0.39 is 11.8 Å². The number of aromatic nitrogens is 2. The van der Waals surface area contributed by atoms with Crippen LogP contribution in [0.1, 0.15) is 28.4 Å². The molecule has 0 aliphatic heterocycles. The lowest BCUT2D eigenvalue weighted by Crippen LogP contribution is -2.41. The molecule has 3 aromatic heterocycles. The van der Waals surface area contributed by atoms with E-state index in [2.05, 4.69) is 21.0 Å². The second kappa shape index (κ2) is 7.39. The number of furan rings is 2. The molecular formula is C19H16N4O5. The van der Waals surface area contributed by atoms with E-state index in [0.717, 1.165) is 5.39 Å². The lowest BCUT2D eigenvalue weighted by molar-refractivity contribution is -0.121. The molecule has 0 fully saturated rings. The van der Waals surface area contributed by atoms with Crippen LogP contribution in [0.25, 0.3) is 22.6 Å². The number of rotatable bonds is 5. The van der Waals surface area contributed by atoms with Crippen molar-refractivity contribution < 1.29 is 22.9 Å². The molecule has 9 heteroatoms. The maximum absolute atomic E-state index is 12.3. The number of hydrogen-bond acceptors (Lipinski definition) is 7. The van der Waals surface area contributed by atoms with Crippen molar-refractivity contribution in [2.24, 2.45) is 0 Å². The van der Waals surface area contributed by atoms with E-state index in [4.69, 9.17) is 13.4 Å². The van der Waals surface area contributed by atoms with Crippen LogP contribution in [-0.2, 0) is 11.2 Å². The molecule has 1 aromatic carbocycles. The number of carbonyl (C=O) groups is 2. The number of amides is 2. The lowest BCUT2D eigenvalue weighted by atomic mass is 10.1. The third kappa shape index (κ3) is 3.50. The minimum atomic E-state index is -0.528. The quantitative estimate of drug-likeness (QED) is 0.510. The van der Waals surface area contributed by atoms with E-state index in [0.29, 0.717) is 28.6 Å². The normalized spacial score (nSPS) is 10.9. The molecule has 0 saturated heterocycles.